The van der Waals surface area contributed by atoms with Gasteiger partial charge in [0.2, 0.25) is 5.91 Å². The number of hydrogen-bond donors (Lipinski definition) is 1. The molecule has 0 atom stereocenters. The maximum absolute atomic E-state index is 11.3. The van der Waals surface area contributed by atoms with Gasteiger partial charge in [0.25, 0.3) is 0 Å². The summed E-state index contributed by atoms with van der Waals surface area (Å²) in [5.74, 6) is 1.13. The molecule has 0 fully saturated rings. The maximum Gasteiger partial charge on any atom is 0.241 e. The monoisotopic (exact) mass is 276 g/mol. The first-order valence-electron chi connectivity index (χ1n) is 6.01. The number of benzene rings is 1. The molecular weight excluding hydrogens is 260 g/mol. The molecule has 2 rings (SSSR count). The average Bonchev–Trinajstić information content (AvgIpc) is 2.94. The summed E-state index contributed by atoms with van der Waals surface area (Å²) in [7, 11) is 4.73. The molecule has 2 aromatic rings. The molecule has 1 amide bonds. The fraction of sp³-hybridized carbons (Fsp3) is 0.308. The van der Waals surface area contributed by atoms with Gasteiger partial charge in [-0.1, -0.05) is 5.21 Å². The summed E-state index contributed by atoms with van der Waals surface area (Å²) in [5, 5.41) is 10.5. The zero-order chi connectivity index (χ0) is 14.5. The maximum atomic E-state index is 11.3. The summed E-state index contributed by atoms with van der Waals surface area (Å²) in [5.41, 5.74) is 1.50. The standard InChI is InChI=1S/C13H16N4O3/c1-14-13(18)8-17-7-10(15-16-17)9-4-5-11(19-2)12(6-9)20-3/h4-7H,8H2,1-3H3,(H,14,18). The number of methoxy groups -OCH3 is 2. The van der Waals surface area contributed by atoms with Gasteiger partial charge in [-0.3, -0.25) is 4.79 Å². The minimum absolute atomic E-state index is 0.131. The summed E-state index contributed by atoms with van der Waals surface area (Å²) < 4.78 is 11.9. The first-order valence-corrected chi connectivity index (χ1v) is 6.01. The second-order valence-electron chi connectivity index (χ2n) is 4.04. The van der Waals surface area contributed by atoms with Crippen LogP contribution in [-0.2, 0) is 11.3 Å². The summed E-state index contributed by atoms with van der Waals surface area (Å²) >= 11 is 0. The van der Waals surface area contributed by atoms with Gasteiger partial charge >= 0.3 is 0 Å². The molecule has 1 N–H and O–H groups in total. The van der Waals surface area contributed by atoms with Crippen LogP contribution < -0.4 is 14.8 Å². The second-order valence-corrected chi connectivity index (χ2v) is 4.04. The van der Waals surface area contributed by atoms with Crippen molar-refractivity contribution in [2.24, 2.45) is 0 Å². The Labute approximate surface area is 116 Å². The quantitative estimate of drug-likeness (QED) is 0.870. The third kappa shape index (κ3) is 2.87. The molecule has 1 aromatic carbocycles. The van der Waals surface area contributed by atoms with Crippen LogP contribution in [0.25, 0.3) is 11.3 Å². The molecule has 0 saturated heterocycles. The average molecular weight is 276 g/mol. The highest BCUT2D eigenvalue weighted by molar-refractivity contribution is 5.75. The molecule has 0 bridgehead atoms. The fourth-order valence-corrected chi connectivity index (χ4v) is 1.73. The van der Waals surface area contributed by atoms with E-state index in [-0.39, 0.29) is 12.5 Å². The van der Waals surface area contributed by atoms with Crippen molar-refractivity contribution in [1.29, 1.82) is 0 Å². The normalized spacial score (nSPS) is 10.2. The topological polar surface area (TPSA) is 78.3 Å². The Morgan fingerprint density at radius 2 is 2.05 bits per heavy atom. The molecule has 0 spiro atoms. The van der Waals surface area contributed by atoms with Crippen LogP contribution in [-0.4, -0.2) is 42.2 Å². The van der Waals surface area contributed by atoms with Gasteiger partial charge in [-0.05, 0) is 18.2 Å². The molecule has 1 aromatic heterocycles. The van der Waals surface area contributed by atoms with Gasteiger partial charge in [0.15, 0.2) is 11.5 Å². The molecule has 0 aliphatic rings. The van der Waals surface area contributed by atoms with Crippen LogP contribution in [0.1, 0.15) is 0 Å². The van der Waals surface area contributed by atoms with Crippen LogP contribution in [0.3, 0.4) is 0 Å². The summed E-state index contributed by atoms with van der Waals surface area (Å²) in [6, 6.07) is 5.47. The SMILES string of the molecule is CNC(=O)Cn1cc(-c2ccc(OC)c(OC)c2)nn1. The van der Waals surface area contributed by atoms with Crippen LogP contribution in [0.2, 0.25) is 0 Å². The Hall–Kier alpha value is -2.57. The van der Waals surface area contributed by atoms with Gasteiger partial charge in [-0.2, -0.15) is 0 Å². The van der Waals surface area contributed by atoms with E-state index in [2.05, 4.69) is 15.6 Å². The number of likely N-dealkylation sites (N-methyl/N-ethyl adjacent to an activating group) is 1. The van der Waals surface area contributed by atoms with Crippen LogP contribution in [0.5, 0.6) is 11.5 Å². The van der Waals surface area contributed by atoms with Crippen molar-refractivity contribution < 1.29 is 14.3 Å². The number of hydrogen-bond acceptors (Lipinski definition) is 5. The number of amides is 1. The molecule has 0 unspecified atom stereocenters. The highest BCUT2D eigenvalue weighted by atomic mass is 16.5. The smallest absolute Gasteiger partial charge is 0.241 e. The summed E-state index contributed by atoms with van der Waals surface area (Å²) in [6.45, 7) is 0.136. The van der Waals surface area contributed by atoms with E-state index in [4.69, 9.17) is 9.47 Å². The number of nitrogens with zero attached hydrogens (tertiary/aromatic N) is 3. The van der Waals surface area contributed by atoms with E-state index in [1.807, 2.05) is 12.1 Å². The molecule has 7 nitrogen and oxygen atoms in total. The number of carbonyl (C=O) groups is 1. The molecule has 0 aliphatic carbocycles. The van der Waals surface area contributed by atoms with E-state index in [0.29, 0.717) is 17.2 Å². The van der Waals surface area contributed by atoms with Gasteiger partial charge in [-0.15, -0.1) is 5.10 Å². The Morgan fingerprint density at radius 1 is 1.30 bits per heavy atom. The second kappa shape index (κ2) is 6.05. The van der Waals surface area contributed by atoms with Crippen LogP contribution in [0.15, 0.2) is 24.4 Å². The molecule has 20 heavy (non-hydrogen) atoms. The lowest BCUT2D eigenvalue weighted by molar-refractivity contribution is -0.121. The predicted molar refractivity (Wildman–Crippen MR) is 72.6 cm³/mol. The summed E-state index contributed by atoms with van der Waals surface area (Å²) in [6.07, 6.45) is 1.70. The number of aromatic nitrogens is 3. The minimum atomic E-state index is -0.131. The Kier molecular flexibility index (Phi) is 4.19. The lowest BCUT2D eigenvalue weighted by Gasteiger charge is -2.07. The molecular formula is C13H16N4O3. The van der Waals surface area contributed by atoms with Crippen LogP contribution in [0.4, 0.5) is 0 Å². The number of rotatable bonds is 5. The van der Waals surface area contributed by atoms with Crippen molar-refractivity contribution in [1.82, 2.24) is 20.3 Å². The zero-order valence-electron chi connectivity index (χ0n) is 11.6. The van der Waals surface area contributed by atoms with Gasteiger partial charge in [0.05, 0.1) is 20.4 Å². The minimum Gasteiger partial charge on any atom is -0.493 e. The fourth-order valence-electron chi connectivity index (χ4n) is 1.73. The Balaban J connectivity index is 2.25. The number of nitrogens with one attached hydrogen (secondary N) is 1. The van der Waals surface area contributed by atoms with Crippen molar-refractivity contribution in [3.8, 4) is 22.8 Å². The zero-order valence-corrected chi connectivity index (χ0v) is 11.6. The predicted octanol–water partition coefficient (Wildman–Crippen LogP) is 0.708. The van der Waals surface area contributed by atoms with E-state index in [0.717, 1.165) is 5.56 Å². The van der Waals surface area contributed by atoms with E-state index < -0.39 is 0 Å². The van der Waals surface area contributed by atoms with Crippen molar-refractivity contribution in [2.45, 2.75) is 6.54 Å². The van der Waals surface area contributed by atoms with E-state index in [9.17, 15) is 4.79 Å². The number of ether oxygens (including phenoxy) is 2. The lowest BCUT2D eigenvalue weighted by atomic mass is 10.1. The van der Waals surface area contributed by atoms with Crippen molar-refractivity contribution in [3.63, 3.8) is 0 Å². The first-order chi connectivity index (χ1) is 9.67. The van der Waals surface area contributed by atoms with Gasteiger partial charge in [-0.25, -0.2) is 4.68 Å². The highest BCUT2D eigenvalue weighted by Crippen LogP contribution is 2.31. The molecule has 106 valence electrons. The lowest BCUT2D eigenvalue weighted by Crippen LogP contribution is -2.23. The highest BCUT2D eigenvalue weighted by Gasteiger charge is 2.10. The molecule has 0 saturated carbocycles. The van der Waals surface area contributed by atoms with E-state index in [1.54, 1.807) is 33.5 Å². The molecule has 7 heteroatoms. The third-order valence-corrected chi connectivity index (χ3v) is 2.80. The van der Waals surface area contributed by atoms with Crippen molar-refractivity contribution in [3.05, 3.63) is 24.4 Å². The molecule has 0 radical (unpaired) electrons. The largest absolute Gasteiger partial charge is 0.493 e. The van der Waals surface area contributed by atoms with Crippen LogP contribution in [0, 0.1) is 0 Å². The third-order valence-electron chi connectivity index (χ3n) is 2.80. The van der Waals surface area contributed by atoms with Gasteiger partial charge in [0, 0.05) is 12.6 Å². The van der Waals surface area contributed by atoms with Crippen molar-refractivity contribution in [2.75, 3.05) is 21.3 Å². The molecule has 1 heterocycles. The van der Waals surface area contributed by atoms with Gasteiger partial charge < -0.3 is 14.8 Å². The van der Waals surface area contributed by atoms with E-state index >= 15 is 0 Å². The summed E-state index contributed by atoms with van der Waals surface area (Å²) in [4.78, 5) is 11.3. The van der Waals surface area contributed by atoms with E-state index in [1.165, 1.54) is 4.68 Å². The van der Waals surface area contributed by atoms with Crippen molar-refractivity contribution >= 4 is 5.91 Å². The Bertz CT molecular complexity index is 609. The molecule has 0 aliphatic heterocycles. The van der Waals surface area contributed by atoms with Gasteiger partial charge in [0.1, 0.15) is 12.2 Å². The van der Waals surface area contributed by atoms with Crippen LogP contribution >= 0.6 is 0 Å². The Morgan fingerprint density at radius 3 is 2.70 bits per heavy atom. The first kappa shape index (κ1) is 13.9. The number of carbonyl (C=O) groups excluding carboxylic acids is 1.